The molecule has 23 heavy (non-hydrogen) atoms. The first-order valence-corrected chi connectivity index (χ1v) is 8.63. The number of pyridine rings is 1. The Kier molecular flexibility index (Phi) is 5.46. The van der Waals surface area contributed by atoms with Gasteiger partial charge in [-0.3, -0.25) is 9.78 Å². The van der Waals surface area contributed by atoms with E-state index in [1.165, 1.54) is 6.20 Å². The van der Waals surface area contributed by atoms with E-state index in [0.717, 1.165) is 11.1 Å². The molecule has 0 saturated heterocycles. The molecule has 0 aliphatic heterocycles. The Labute approximate surface area is 136 Å². The molecule has 0 aliphatic carbocycles. The summed E-state index contributed by atoms with van der Waals surface area (Å²) in [6, 6.07) is 8.28. The molecule has 6 nitrogen and oxygen atoms in total. The highest BCUT2D eigenvalue weighted by Crippen LogP contribution is 2.14. The third-order valence-electron chi connectivity index (χ3n) is 3.42. The molecule has 1 aromatic heterocycles. The van der Waals surface area contributed by atoms with Crippen LogP contribution in [-0.4, -0.2) is 32.4 Å². The zero-order valence-corrected chi connectivity index (χ0v) is 13.9. The van der Waals surface area contributed by atoms with Crippen LogP contribution in [0.4, 0.5) is 0 Å². The summed E-state index contributed by atoms with van der Waals surface area (Å²) in [6.45, 7) is 4.09. The van der Waals surface area contributed by atoms with Crippen molar-refractivity contribution in [2.24, 2.45) is 0 Å². The van der Waals surface area contributed by atoms with Crippen molar-refractivity contribution in [1.82, 2.24) is 15.0 Å². The molecule has 0 saturated carbocycles. The van der Waals surface area contributed by atoms with Gasteiger partial charge in [0.1, 0.15) is 0 Å². The van der Waals surface area contributed by atoms with E-state index in [2.05, 4.69) is 15.0 Å². The highest BCUT2D eigenvalue weighted by molar-refractivity contribution is 7.89. The van der Waals surface area contributed by atoms with Gasteiger partial charge in [0, 0.05) is 25.5 Å². The smallest absolute Gasteiger partial charge is 0.252 e. The zero-order valence-electron chi connectivity index (χ0n) is 13.0. The minimum atomic E-state index is -3.58. The second kappa shape index (κ2) is 7.34. The molecule has 0 atom stereocenters. The highest BCUT2D eigenvalue weighted by atomic mass is 32.2. The number of hydrogen-bond donors (Lipinski definition) is 2. The number of hydrogen-bond acceptors (Lipinski definition) is 4. The summed E-state index contributed by atoms with van der Waals surface area (Å²) in [6.07, 6.45) is 3.03. The van der Waals surface area contributed by atoms with Crippen LogP contribution in [0.25, 0.3) is 0 Å². The molecule has 0 bridgehead atoms. The van der Waals surface area contributed by atoms with Crippen molar-refractivity contribution in [1.29, 1.82) is 0 Å². The van der Waals surface area contributed by atoms with Gasteiger partial charge in [-0.25, -0.2) is 13.1 Å². The molecule has 2 aromatic rings. The summed E-state index contributed by atoms with van der Waals surface area (Å²) in [4.78, 5) is 15.9. The van der Waals surface area contributed by atoms with Crippen LogP contribution in [0.15, 0.2) is 47.6 Å². The lowest BCUT2D eigenvalue weighted by Crippen LogP contribution is -2.34. The molecule has 0 unspecified atom stereocenters. The second-order valence-corrected chi connectivity index (χ2v) is 6.91. The molecule has 0 fully saturated rings. The number of aromatic nitrogens is 1. The van der Waals surface area contributed by atoms with Crippen LogP contribution in [0.2, 0.25) is 0 Å². The topological polar surface area (TPSA) is 88.2 Å². The van der Waals surface area contributed by atoms with Gasteiger partial charge in [-0.15, -0.1) is 0 Å². The van der Waals surface area contributed by atoms with Crippen molar-refractivity contribution in [3.8, 4) is 0 Å². The fraction of sp³-hybridized carbons (Fsp3) is 0.250. The first-order chi connectivity index (χ1) is 10.9. The quantitative estimate of drug-likeness (QED) is 0.782. The number of carbonyl (C=O) groups is 1. The number of nitrogens with zero attached hydrogens (tertiary/aromatic N) is 1. The van der Waals surface area contributed by atoms with Gasteiger partial charge < -0.3 is 5.32 Å². The fourth-order valence-corrected chi connectivity index (χ4v) is 3.04. The molecule has 0 aliphatic rings. The number of carbonyl (C=O) groups excluding carboxylic acids is 1. The first kappa shape index (κ1) is 17.1. The summed E-state index contributed by atoms with van der Waals surface area (Å²) < 4.78 is 26.8. The Morgan fingerprint density at radius 1 is 1.13 bits per heavy atom. The molecule has 2 rings (SSSR count). The maximum atomic E-state index is 12.2. The molecule has 2 N–H and O–H groups in total. The van der Waals surface area contributed by atoms with E-state index in [0.29, 0.717) is 5.56 Å². The van der Waals surface area contributed by atoms with Gasteiger partial charge in [0.05, 0.1) is 10.5 Å². The monoisotopic (exact) mass is 333 g/mol. The van der Waals surface area contributed by atoms with E-state index in [1.807, 2.05) is 13.8 Å². The van der Waals surface area contributed by atoms with Gasteiger partial charge in [-0.2, -0.15) is 0 Å². The maximum Gasteiger partial charge on any atom is 0.252 e. The van der Waals surface area contributed by atoms with Gasteiger partial charge in [0.15, 0.2) is 0 Å². The summed E-state index contributed by atoms with van der Waals surface area (Å²) in [5.74, 6) is -0.288. The maximum absolute atomic E-state index is 12.2. The number of rotatable bonds is 6. The number of amides is 1. The normalized spacial score (nSPS) is 11.2. The second-order valence-electron chi connectivity index (χ2n) is 5.14. The van der Waals surface area contributed by atoms with E-state index in [4.69, 9.17) is 0 Å². The summed E-state index contributed by atoms with van der Waals surface area (Å²) >= 11 is 0. The predicted octanol–water partition coefficient (Wildman–Crippen LogP) is 1.41. The molecule has 7 heteroatoms. The number of benzene rings is 1. The average Bonchev–Trinajstić information content (AvgIpc) is 2.54. The van der Waals surface area contributed by atoms with Crippen molar-refractivity contribution in [3.63, 3.8) is 0 Å². The SMILES string of the molecule is Cc1ccc(S(=O)(=O)NCCNC(=O)c2cccnc2)cc1C. The van der Waals surface area contributed by atoms with Crippen LogP contribution in [0, 0.1) is 13.8 Å². The number of aryl methyl sites for hydroxylation is 2. The summed E-state index contributed by atoms with van der Waals surface area (Å²) in [5.41, 5.74) is 2.38. The number of nitrogens with one attached hydrogen (secondary N) is 2. The van der Waals surface area contributed by atoms with E-state index >= 15 is 0 Å². The van der Waals surface area contributed by atoms with Gasteiger partial charge in [-0.1, -0.05) is 6.07 Å². The third kappa shape index (κ3) is 4.61. The van der Waals surface area contributed by atoms with Crippen LogP contribution in [0.1, 0.15) is 21.5 Å². The lowest BCUT2D eigenvalue weighted by molar-refractivity contribution is 0.0954. The van der Waals surface area contributed by atoms with Crippen molar-refractivity contribution < 1.29 is 13.2 Å². The molecular formula is C16H19N3O3S. The molecule has 1 aromatic carbocycles. The Morgan fingerprint density at radius 2 is 1.91 bits per heavy atom. The average molecular weight is 333 g/mol. The van der Waals surface area contributed by atoms with Crippen molar-refractivity contribution >= 4 is 15.9 Å². The van der Waals surface area contributed by atoms with Crippen LogP contribution in [0.5, 0.6) is 0 Å². The van der Waals surface area contributed by atoms with E-state index < -0.39 is 10.0 Å². The van der Waals surface area contributed by atoms with E-state index in [9.17, 15) is 13.2 Å². The van der Waals surface area contributed by atoms with E-state index in [-0.39, 0.29) is 23.9 Å². The van der Waals surface area contributed by atoms with E-state index in [1.54, 1.807) is 36.5 Å². The molecular weight excluding hydrogens is 314 g/mol. The van der Waals surface area contributed by atoms with Gasteiger partial charge in [0.25, 0.3) is 5.91 Å². The summed E-state index contributed by atoms with van der Waals surface area (Å²) in [5, 5.41) is 2.64. The lowest BCUT2D eigenvalue weighted by Gasteiger charge is -2.09. The molecule has 1 heterocycles. The van der Waals surface area contributed by atoms with Crippen molar-refractivity contribution in [2.45, 2.75) is 18.7 Å². The molecule has 1 amide bonds. The first-order valence-electron chi connectivity index (χ1n) is 7.15. The van der Waals surface area contributed by atoms with Crippen LogP contribution in [-0.2, 0) is 10.0 Å². The minimum absolute atomic E-state index is 0.112. The Balaban J connectivity index is 1.88. The Hall–Kier alpha value is -2.25. The van der Waals surface area contributed by atoms with Crippen molar-refractivity contribution in [2.75, 3.05) is 13.1 Å². The van der Waals surface area contributed by atoms with Crippen molar-refractivity contribution in [3.05, 3.63) is 59.4 Å². The molecule has 122 valence electrons. The fourth-order valence-electron chi connectivity index (χ4n) is 1.92. The predicted molar refractivity (Wildman–Crippen MR) is 87.7 cm³/mol. The Bertz CT molecular complexity index is 789. The van der Waals surface area contributed by atoms with Gasteiger partial charge >= 0.3 is 0 Å². The standard InChI is InChI=1S/C16H19N3O3S/c1-12-5-6-15(10-13(12)2)23(21,22)19-9-8-18-16(20)14-4-3-7-17-11-14/h3-7,10-11,19H,8-9H2,1-2H3,(H,18,20). The zero-order chi connectivity index (χ0) is 16.9. The van der Waals surface area contributed by atoms with Crippen LogP contribution in [0.3, 0.4) is 0 Å². The third-order valence-corrected chi connectivity index (χ3v) is 4.87. The van der Waals surface area contributed by atoms with Crippen LogP contribution >= 0.6 is 0 Å². The van der Waals surface area contributed by atoms with Gasteiger partial charge in [0.2, 0.25) is 10.0 Å². The highest BCUT2D eigenvalue weighted by Gasteiger charge is 2.14. The Morgan fingerprint density at radius 3 is 2.57 bits per heavy atom. The minimum Gasteiger partial charge on any atom is -0.351 e. The number of sulfonamides is 1. The largest absolute Gasteiger partial charge is 0.351 e. The molecule has 0 spiro atoms. The van der Waals surface area contributed by atoms with Gasteiger partial charge in [-0.05, 0) is 49.2 Å². The molecule has 0 radical (unpaired) electrons. The summed E-state index contributed by atoms with van der Waals surface area (Å²) in [7, 11) is -3.58. The van der Waals surface area contributed by atoms with Crippen LogP contribution < -0.4 is 10.0 Å². The lowest BCUT2D eigenvalue weighted by atomic mass is 10.1.